The fourth-order valence-corrected chi connectivity index (χ4v) is 3.25. The van der Waals surface area contributed by atoms with Gasteiger partial charge in [-0.2, -0.15) is 5.10 Å². The van der Waals surface area contributed by atoms with Crippen molar-refractivity contribution in [1.82, 2.24) is 20.4 Å². The predicted molar refractivity (Wildman–Crippen MR) is 119 cm³/mol. The maximum Gasteiger partial charge on any atom is 0.222 e. The van der Waals surface area contributed by atoms with E-state index in [9.17, 15) is 9.18 Å². The van der Waals surface area contributed by atoms with E-state index in [1.165, 1.54) is 12.1 Å². The third kappa shape index (κ3) is 6.67. The summed E-state index contributed by atoms with van der Waals surface area (Å²) in [6, 6.07) is 16.1. The summed E-state index contributed by atoms with van der Waals surface area (Å²) in [7, 11) is 1.67. The van der Waals surface area contributed by atoms with Crippen molar-refractivity contribution in [2.24, 2.45) is 16.6 Å². The zero-order chi connectivity index (χ0) is 22.1. The molecule has 0 radical (unpaired) electrons. The lowest BCUT2D eigenvalue weighted by atomic mass is 9.98. The summed E-state index contributed by atoms with van der Waals surface area (Å²) in [4.78, 5) is 16.1. The largest absolute Gasteiger partial charge is 0.369 e. The molecule has 31 heavy (non-hydrogen) atoms. The molecule has 0 aliphatic carbocycles. The molecule has 0 fully saturated rings. The van der Waals surface area contributed by atoms with Crippen LogP contribution >= 0.6 is 0 Å². The van der Waals surface area contributed by atoms with Gasteiger partial charge in [-0.25, -0.2) is 4.39 Å². The van der Waals surface area contributed by atoms with Gasteiger partial charge >= 0.3 is 0 Å². The average molecular weight is 423 g/mol. The molecular weight excluding hydrogens is 395 g/mol. The zero-order valence-electron chi connectivity index (χ0n) is 17.5. The first kappa shape index (κ1) is 22.0. The van der Waals surface area contributed by atoms with Crippen LogP contribution in [0.3, 0.4) is 0 Å². The molecule has 4 N–H and O–H groups in total. The van der Waals surface area contributed by atoms with Gasteiger partial charge in [0.25, 0.3) is 0 Å². The maximum absolute atomic E-state index is 13.1. The van der Waals surface area contributed by atoms with Gasteiger partial charge in [-0.05, 0) is 41.3 Å². The van der Waals surface area contributed by atoms with E-state index in [1.807, 2.05) is 29.1 Å². The number of hydrogen-bond donors (Lipinski definition) is 3. The summed E-state index contributed by atoms with van der Waals surface area (Å²) < 4.78 is 15.0. The third-order valence-corrected chi connectivity index (χ3v) is 4.99. The first-order valence-electron chi connectivity index (χ1n) is 10.1. The topological polar surface area (TPSA) is 97.3 Å². The molecular formula is C23H27FN6O. The van der Waals surface area contributed by atoms with E-state index in [0.29, 0.717) is 32.0 Å². The van der Waals surface area contributed by atoms with Crippen LogP contribution in [0.2, 0.25) is 0 Å². The normalized spacial score (nSPS) is 12.4. The van der Waals surface area contributed by atoms with Gasteiger partial charge in [0.05, 0.1) is 12.5 Å². The molecule has 0 spiro atoms. The number of benzene rings is 2. The summed E-state index contributed by atoms with van der Waals surface area (Å²) >= 11 is 0. The number of hydrogen-bond acceptors (Lipinski definition) is 3. The molecule has 162 valence electrons. The molecule has 3 aromatic rings. The number of nitrogens with two attached hydrogens (primary N) is 1. The van der Waals surface area contributed by atoms with Gasteiger partial charge in [0.2, 0.25) is 5.91 Å². The van der Waals surface area contributed by atoms with E-state index in [2.05, 4.69) is 32.9 Å². The highest BCUT2D eigenvalue weighted by atomic mass is 19.1. The van der Waals surface area contributed by atoms with E-state index in [0.717, 1.165) is 16.7 Å². The van der Waals surface area contributed by atoms with Crippen molar-refractivity contribution in [2.45, 2.75) is 19.5 Å². The Morgan fingerprint density at radius 1 is 1.13 bits per heavy atom. The number of aliphatic imine (C=N–C) groups is 1. The van der Waals surface area contributed by atoms with Crippen molar-refractivity contribution in [2.75, 3.05) is 13.6 Å². The molecule has 0 bridgehead atoms. The lowest BCUT2D eigenvalue weighted by Gasteiger charge is -2.18. The molecule has 1 unspecified atom stereocenters. The Labute approximate surface area is 181 Å². The van der Waals surface area contributed by atoms with E-state index in [1.54, 1.807) is 25.4 Å². The zero-order valence-corrected chi connectivity index (χ0v) is 17.5. The average Bonchev–Trinajstić information content (AvgIpc) is 3.28. The molecule has 0 aliphatic heterocycles. The van der Waals surface area contributed by atoms with Crippen LogP contribution in [0.15, 0.2) is 72.0 Å². The van der Waals surface area contributed by atoms with Crippen molar-refractivity contribution in [3.8, 4) is 0 Å². The van der Waals surface area contributed by atoms with E-state index in [-0.39, 0.29) is 5.82 Å². The third-order valence-electron chi connectivity index (χ3n) is 4.99. The monoisotopic (exact) mass is 422 g/mol. The number of carbonyl (C=O) groups excluding carboxylic acids is 1. The molecule has 0 aliphatic rings. The number of guanidine groups is 1. The Bertz CT molecular complexity index is 1000. The first-order valence-corrected chi connectivity index (χ1v) is 10.1. The van der Waals surface area contributed by atoms with Crippen LogP contribution in [0.25, 0.3) is 0 Å². The van der Waals surface area contributed by atoms with Crippen LogP contribution < -0.4 is 16.4 Å². The van der Waals surface area contributed by atoms with Crippen LogP contribution in [-0.2, 0) is 24.3 Å². The number of nitrogens with one attached hydrogen (secondary N) is 2. The van der Waals surface area contributed by atoms with Crippen LogP contribution in [0.4, 0.5) is 4.39 Å². The highest BCUT2D eigenvalue weighted by Crippen LogP contribution is 2.11. The smallest absolute Gasteiger partial charge is 0.222 e. The van der Waals surface area contributed by atoms with Gasteiger partial charge < -0.3 is 16.4 Å². The second kappa shape index (κ2) is 10.9. The van der Waals surface area contributed by atoms with Crippen molar-refractivity contribution >= 4 is 11.9 Å². The fraction of sp³-hybridized carbons (Fsp3) is 0.261. The predicted octanol–water partition coefficient (Wildman–Crippen LogP) is 2.08. The van der Waals surface area contributed by atoms with Gasteiger partial charge in [-0.15, -0.1) is 0 Å². The maximum atomic E-state index is 13.1. The van der Waals surface area contributed by atoms with Crippen molar-refractivity contribution in [1.29, 1.82) is 0 Å². The van der Waals surface area contributed by atoms with Crippen LogP contribution in [0, 0.1) is 11.7 Å². The SMILES string of the molecule is CN=C(NCc1ccccc1Cn1cccn1)NCC(Cc1ccc(F)cc1)C(N)=O. The van der Waals surface area contributed by atoms with Crippen LogP contribution in [0.1, 0.15) is 16.7 Å². The Morgan fingerprint density at radius 3 is 2.52 bits per heavy atom. The molecule has 2 aromatic carbocycles. The number of rotatable bonds is 9. The van der Waals surface area contributed by atoms with Crippen molar-refractivity contribution < 1.29 is 9.18 Å². The van der Waals surface area contributed by atoms with Crippen LogP contribution in [0.5, 0.6) is 0 Å². The van der Waals surface area contributed by atoms with Gasteiger partial charge in [-0.3, -0.25) is 14.5 Å². The molecule has 1 amide bonds. The standard InChI is InChI=1S/C23H27FN6O/c1-26-23(28-15-20(22(25)31)13-17-7-9-21(24)10-8-17)27-14-18-5-2-3-6-19(18)16-30-12-4-11-29-30/h2-12,20H,13-16H2,1H3,(H2,25,31)(H2,26,27,28). The van der Waals surface area contributed by atoms with E-state index < -0.39 is 11.8 Å². The van der Waals surface area contributed by atoms with Crippen LogP contribution in [-0.4, -0.2) is 35.2 Å². The van der Waals surface area contributed by atoms with E-state index in [4.69, 9.17) is 5.73 Å². The fourth-order valence-electron chi connectivity index (χ4n) is 3.25. The number of amides is 1. The highest BCUT2D eigenvalue weighted by Gasteiger charge is 2.17. The lowest BCUT2D eigenvalue weighted by Crippen LogP contribution is -2.43. The number of nitrogens with zero attached hydrogens (tertiary/aromatic N) is 3. The minimum absolute atomic E-state index is 0.310. The lowest BCUT2D eigenvalue weighted by molar-refractivity contribution is -0.121. The number of primary amides is 1. The van der Waals surface area contributed by atoms with Gasteiger partial charge in [0.15, 0.2) is 5.96 Å². The number of carbonyl (C=O) groups is 1. The molecule has 3 rings (SSSR count). The summed E-state index contributed by atoms with van der Waals surface area (Å²) in [6.45, 7) is 1.57. The molecule has 1 heterocycles. The Balaban J connectivity index is 1.56. The summed E-state index contributed by atoms with van der Waals surface area (Å²) in [6.07, 6.45) is 4.11. The second-order valence-corrected chi connectivity index (χ2v) is 7.21. The number of aromatic nitrogens is 2. The molecule has 1 aromatic heterocycles. The minimum Gasteiger partial charge on any atom is -0.369 e. The minimum atomic E-state index is -0.448. The Hall–Kier alpha value is -3.68. The van der Waals surface area contributed by atoms with Crippen molar-refractivity contribution in [3.05, 3.63) is 89.5 Å². The first-order chi connectivity index (χ1) is 15.0. The Morgan fingerprint density at radius 2 is 1.87 bits per heavy atom. The summed E-state index contributed by atoms with van der Waals surface area (Å²) in [5, 5.41) is 10.7. The molecule has 1 atom stereocenters. The molecule has 8 heteroatoms. The van der Waals surface area contributed by atoms with Gasteiger partial charge in [-0.1, -0.05) is 36.4 Å². The Kier molecular flexibility index (Phi) is 7.75. The molecule has 7 nitrogen and oxygen atoms in total. The van der Waals surface area contributed by atoms with Gasteiger partial charge in [0, 0.05) is 32.5 Å². The molecule has 0 saturated carbocycles. The second-order valence-electron chi connectivity index (χ2n) is 7.21. The number of halogens is 1. The van der Waals surface area contributed by atoms with Crippen molar-refractivity contribution in [3.63, 3.8) is 0 Å². The van der Waals surface area contributed by atoms with E-state index >= 15 is 0 Å². The quantitative estimate of drug-likeness (QED) is 0.363. The highest BCUT2D eigenvalue weighted by molar-refractivity contribution is 5.81. The summed E-state index contributed by atoms with van der Waals surface area (Å²) in [5.74, 6) is -0.609. The molecule has 0 saturated heterocycles. The summed E-state index contributed by atoms with van der Waals surface area (Å²) in [5.41, 5.74) is 8.70. The van der Waals surface area contributed by atoms with Gasteiger partial charge in [0.1, 0.15) is 5.82 Å².